The quantitative estimate of drug-likeness (QED) is 0.0199. The summed E-state index contributed by atoms with van der Waals surface area (Å²) in [5.74, 6) is -0.880. The zero-order valence-electron chi connectivity index (χ0n) is 42.1. The molecule has 0 N–H and O–H groups in total. The number of hydrogen-bond donors (Lipinski definition) is 0. The molecular weight excluding hydrogens is 781 g/mol. The first-order valence-electron chi connectivity index (χ1n) is 27.5. The SMILES string of the molecule is CCCCC/C=C\C=C/CCCCCCCCC(=O)OC(COC(=O)CCCCCCCCC/C=C\CCCCCCCCCC)COC(=O)CCCCCCCCCCCCC. The van der Waals surface area contributed by atoms with Crippen LogP contribution < -0.4 is 0 Å². The van der Waals surface area contributed by atoms with Crippen molar-refractivity contribution in [2.75, 3.05) is 13.2 Å². The molecule has 0 saturated carbocycles. The average Bonchev–Trinajstić information content (AvgIpc) is 3.28. The Kier molecular flexibility index (Phi) is 50.3. The van der Waals surface area contributed by atoms with E-state index in [9.17, 15) is 14.4 Å². The number of allylic oxidation sites excluding steroid dienone is 6. The van der Waals surface area contributed by atoms with Crippen LogP contribution in [0.25, 0.3) is 0 Å². The van der Waals surface area contributed by atoms with Gasteiger partial charge in [-0.2, -0.15) is 0 Å². The third-order valence-electron chi connectivity index (χ3n) is 12.1. The van der Waals surface area contributed by atoms with Crippen molar-refractivity contribution in [2.24, 2.45) is 0 Å². The Morgan fingerprint density at radius 2 is 0.571 bits per heavy atom. The second-order valence-corrected chi connectivity index (χ2v) is 18.5. The van der Waals surface area contributed by atoms with E-state index >= 15 is 0 Å². The molecule has 0 rings (SSSR count). The first-order chi connectivity index (χ1) is 31.0. The molecule has 0 aromatic heterocycles. The lowest BCUT2D eigenvalue weighted by atomic mass is 10.1. The maximum Gasteiger partial charge on any atom is 0.306 e. The zero-order chi connectivity index (χ0) is 45.8. The predicted molar refractivity (Wildman–Crippen MR) is 270 cm³/mol. The second-order valence-electron chi connectivity index (χ2n) is 18.5. The predicted octanol–water partition coefficient (Wildman–Crippen LogP) is 18.1. The van der Waals surface area contributed by atoms with Crippen LogP contribution in [0.5, 0.6) is 0 Å². The molecule has 6 nitrogen and oxygen atoms in total. The van der Waals surface area contributed by atoms with Crippen LogP contribution in [0.15, 0.2) is 36.5 Å². The molecule has 1 unspecified atom stereocenters. The van der Waals surface area contributed by atoms with E-state index in [4.69, 9.17) is 14.2 Å². The molecule has 368 valence electrons. The largest absolute Gasteiger partial charge is 0.462 e. The van der Waals surface area contributed by atoms with Crippen LogP contribution in [-0.4, -0.2) is 37.2 Å². The van der Waals surface area contributed by atoms with Crippen molar-refractivity contribution in [1.82, 2.24) is 0 Å². The highest BCUT2D eigenvalue weighted by atomic mass is 16.6. The van der Waals surface area contributed by atoms with Gasteiger partial charge in [0.05, 0.1) is 0 Å². The van der Waals surface area contributed by atoms with E-state index in [1.807, 2.05) is 0 Å². The summed E-state index contributed by atoms with van der Waals surface area (Å²) in [7, 11) is 0. The minimum Gasteiger partial charge on any atom is -0.462 e. The Labute approximate surface area is 391 Å². The summed E-state index contributed by atoms with van der Waals surface area (Å²) in [5.41, 5.74) is 0. The molecule has 0 aliphatic carbocycles. The van der Waals surface area contributed by atoms with Crippen molar-refractivity contribution in [3.8, 4) is 0 Å². The lowest BCUT2D eigenvalue weighted by Gasteiger charge is -2.18. The van der Waals surface area contributed by atoms with Gasteiger partial charge in [-0.1, -0.05) is 237 Å². The van der Waals surface area contributed by atoms with Gasteiger partial charge in [-0.05, 0) is 70.6 Å². The third-order valence-corrected chi connectivity index (χ3v) is 12.1. The van der Waals surface area contributed by atoms with E-state index < -0.39 is 6.10 Å². The molecule has 0 aliphatic heterocycles. The fourth-order valence-electron chi connectivity index (χ4n) is 7.96. The van der Waals surface area contributed by atoms with Crippen LogP contribution in [0.2, 0.25) is 0 Å². The number of rotatable bonds is 50. The molecule has 6 heteroatoms. The minimum absolute atomic E-state index is 0.0754. The summed E-state index contributed by atoms with van der Waals surface area (Å²) in [4.78, 5) is 38.0. The molecule has 63 heavy (non-hydrogen) atoms. The number of hydrogen-bond acceptors (Lipinski definition) is 6. The van der Waals surface area contributed by atoms with Crippen molar-refractivity contribution in [2.45, 2.75) is 297 Å². The summed E-state index contributed by atoms with van der Waals surface area (Å²) < 4.78 is 16.8. The second kappa shape index (κ2) is 52.3. The van der Waals surface area contributed by atoms with Crippen molar-refractivity contribution < 1.29 is 28.6 Å². The van der Waals surface area contributed by atoms with E-state index in [0.717, 1.165) is 64.2 Å². The van der Waals surface area contributed by atoms with Crippen LogP contribution in [0, 0.1) is 0 Å². The normalized spacial score (nSPS) is 12.2. The smallest absolute Gasteiger partial charge is 0.306 e. The monoisotopic (exact) mass is 885 g/mol. The van der Waals surface area contributed by atoms with E-state index in [1.54, 1.807) is 0 Å². The highest BCUT2D eigenvalue weighted by Gasteiger charge is 2.19. The molecule has 0 spiro atoms. The zero-order valence-corrected chi connectivity index (χ0v) is 42.1. The number of esters is 3. The molecule has 0 aliphatic rings. The summed E-state index contributed by atoms with van der Waals surface area (Å²) in [6, 6.07) is 0. The maximum atomic E-state index is 12.8. The van der Waals surface area contributed by atoms with Gasteiger partial charge in [-0.25, -0.2) is 0 Å². The highest BCUT2D eigenvalue weighted by Crippen LogP contribution is 2.15. The standard InChI is InChI=1S/C57H104O6/c1-4-7-10-13-16-19-22-24-26-27-28-29-31-32-35-38-41-44-47-50-56(59)62-53-54(52-61-55(58)49-46-43-40-37-34-21-18-15-12-9-6-3)63-57(60)51-48-45-42-39-36-33-30-25-23-20-17-14-11-8-5-2/h17,20,23,25,27-28,54H,4-16,18-19,21-22,24,26,29-53H2,1-3H3/b20-17-,25-23-,28-27-. The fourth-order valence-corrected chi connectivity index (χ4v) is 7.96. The van der Waals surface area contributed by atoms with Gasteiger partial charge in [0.25, 0.3) is 0 Å². The Morgan fingerprint density at radius 3 is 0.921 bits per heavy atom. The molecule has 0 saturated heterocycles. The molecule has 0 aromatic rings. The average molecular weight is 885 g/mol. The van der Waals surface area contributed by atoms with E-state index in [2.05, 4.69) is 57.2 Å². The Bertz CT molecular complexity index is 1060. The minimum atomic E-state index is -0.776. The van der Waals surface area contributed by atoms with Crippen molar-refractivity contribution in [1.29, 1.82) is 0 Å². The van der Waals surface area contributed by atoms with Crippen LogP contribution in [-0.2, 0) is 28.6 Å². The van der Waals surface area contributed by atoms with Gasteiger partial charge < -0.3 is 14.2 Å². The maximum absolute atomic E-state index is 12.8. The van der Waals surface area contributed by atoms with Gasteiger partial charge >= 0.3 is 17.9 Å². The molecule has 0 bridgehead atoms. The van der Waals surface area contributed by atoms with Gasteiger partial charge in [0, 0.05) is 19.3 Å². The topological polar surface area (TPSA) is 78.9 Å². The van der Waals surface area contributed by atoms with Gasteiger partial charge in [-0.3, -0.25) is 14.4 Å². The van der Waals surface area contributed by atoms with Crippen LogP contribution in [0.3, 0.4) is 0 Å². The molecule has 0 fully saturated rings. The first-order valence-corrected chi connectivity index (χ1v) is 27.5. The molecule has 0 heterocycles. The lowest BCUT2D eigenvalue weighted by molar-refractivity contribution is -0.167. The molecule has 1 atom stereocenters. The molecule has 0 amide bonds. The fraction of sp³-hybridized carbons (Fsp3) is 0.842. The van der Waals surface area contributed by atoms with E-state index in [1.165, 1.54) is 186 Å². The van der Waals surface area contributed by atoms with Gasteiger partial charge in [-0.15, -0.1) is 0 Å². The number of ether oxygens (including phenoxy) is 3. The van der Waals surface area contributed by atoms with Crippen LogP contribution >= 0.6 is 0 Å². The molecular formula is C57H104O6. The highest BCUT2D eigenvalue weighted by molar-refractivity contribution is 5.71. The summed E-state index contributed by atoms with van der Waals surface area (Å²) in [5, 5.41) is 0. The summed E-state index contributed by atoms with van der Waals surface area (Å²) in [6.07, 6.45) is 61.3. The van der Waals surface area contributed by atoms with Gasteiger partial charge in [0.15, 0.2) is 6.10 Å². The third kappa shape index (κ3) is 50.5. The number of carbonyl (C=O) groups is 3. The number of carbonyl (C=O) groups excluding carboxylic acids is 3. The van der Waals surface area contributed by atoms with Gasteiger partial charge in [0.2, 0.25) is 0 Å². The Balaban J connectivity index is 4.33. The summed E-state index contributed by atoms with van der Waals surface area (Å²) >= 11 is 0. The van der Waals surface area contributed by atoms with Gasteiger partial charge in [0.1, 0.15) is 13.2 Å². The molecule has 0 radical (unpaired) electrons. The van der Waals surface area contributed by atoms with Crippen LogP contribution in [0.4, 0.5) is 0 Å². The molecule has 0 aromatic carbocycles. The van der Waals surface area contributed by atoms with Crippen molar-refractivity contribution in [3.63, 3.8) is 0 Å². The van der Waals surface area contributed by atoms with E-state index in [0.29, 0.717) is 19.3 Å². The Hall–Kier alpha value is -2.37. The van der Waals surface area contributed by atoms with Crippen molar-refractivity contribution in [3.05, 3.63) is 36.5 Å². The van der Waals surface area contributed by atoms with E-state index in [-0.39, 0.29) is 31.1 Å². The van der Waals surface area contributed by atoms with Crippen LogP contribution in [0.1, 0.15) is 290 Å². The lowest BCUT2D eigenvalue weighted by Crippen LogP contribution is -2.30. The Morgan fingerprint density at radius 1 is 0.317 bits per heavy atom. The summed E-state index contributed by atoms with van der Waals surface area (Å²) in [6.45, 7) is 6.62. The van der Waals surface area contributed by atoms with Crippen molar-refractivity contribution >= 4 is 17.9 Å². The number of unbranched alkanes of at least 4 members (excludes halogenated alkanes) is 34. The first kappa shape index (κ1) is 60.6.